The number of anilines is 2. The van der Waals surface area contributed by atoms with Crippen LogP contribution in [0.2, 0.25) is 0 Å². The number of alkyl halides is 3. The van der Waals surface area contributed by atoms with Crippen LogP contribution in [0.5, 0.6) is 0 Å². The Morgan fingerprint density at radius 2 is 1.81 bits per heavy atom. The van der Waals surface area contributed by atoms with Crippen LogP contribution in [0.3, 0.4) is 0 Å². The molecule has 0 aliphatic rings. The van der Waals surface area contributed by atoms with E-state index >= 15 is 0 Å². The zero-order chi connectivity index (χ0) is 16.0. The molecule has 21 heavy (non-hydrogen) atoms. The maximum absolute atomic E-state index is 12.9. The van der Waals surface area contributed by atoms with Gasteiger partial charge in [0.1, 0.15) is 5.82 Å². The van der Waals surface area contributed by atoms with Crippen LogP contribution >= 0.6 is 0 Å². The topological polar surface area (TPSA) is 44.3 Å². The molecule has 0 aliphatic carbocycles. The van der Waals surface area contributed by atoms with Crippen LogP contribution in [0.25, 0.3) is 0 Å². The summed E-state index contributed by atoms with van der Waals surface area (Å²) in [4.78, 5) is 11.4. The first kappa shape index (κ1) is 17.5. The van der Waals surface area contributed by atoms with Gasteiger partial charge in [0.2, 0.25) is 5.95 Å². The van der Waals surface area contributed by atoms with Gasteiger partial charge in [-0.3, -0.25) is 0 Å². The van der Waals surface area contributed by atoms with Crippen molar-refractivity contribution in [1.29, 1.82) is 0 Å². The van der Waals surface area contributed by atoms with Gasteiger partial charge in [-0.2, -0.15) is 18.2 Å². The molecule has 0 saturated heterocycles. The van der Waals surface area contributed by atoms with Gasteiger partial charge >= 0.3 is 6.18 Å². The van der Waals surface area contributed by atoms with Crippen LogP contribution in [0.15, 0.2) is 6.07 Å². The summed E-state index contributed by atoms with van der Waals surface area (Å²) >= 11 is 0. The van der Waals surface area contributed by atoms with Gasteiger partial charge in [0.25, 0.3) is 0 Å². The van der Waals surface area contributed by atoms with E-state index in [1.165, 1.54) is 0 Å². The van der Waals surface area contributed by atoms with E-state index in [1.54, 1.807) is 18.9 Å². The molecule has 0 atom stereocenters. The van der Waals surface area contributed by atoms with Crippen molar-refractivity contribution in [3.8, 4) is 0 Å². The van der Waals surface area contributed by atoms with Crippen LogP contribution in [0.4, 0.5) is 24.9 Å². The summed E-state index contributed by atoms with van der Waals surface area (Å²) in [6, 6.07) is 0.983. The largest absolute Gasteiger partial charge is 0.433 e. The second-order valence-corrected chi connectivity index (χ2v) is 5.04. The summed E-state index contributed by atoms with van der Waals surface area (Å²) < 4.78 is 38.6. The van der Waals surface area contributed by atoms with E-state index in [1.807, 2.05) is 19.0 Å². The quantitative estimate of drug-likeness (QED) is 0.837. The fourth-order valence-electron chi connectivity index (χ4n) is 1.75. The minimum absolute atomic E-state index is 0.00165. The van der Waals surface area contributed by atoms with Gasteiger partial charge in [-0.05, 0) is 34.0 Å². The Kier molecular flexibility index (Phi) is 6.19. The van der Waals surface area contributed by atoms with E-state index in [-0.39, 0.29) is 11.8 Å². The maximum atomic E-state index is 12.9. The zero-order valence-corrected chi connectivity index (χ0v) is 12.8. The molecule has 1 aromatic rings. The Balaban J connectivity index is 2.91. The number of hydrogen-bond donors (Lipinski definition) is 1. The number of halogens is 3. The van der Waals surface area contributed by atoms with Crippen molar-refractivity contribution < 1.29 is 13.2 Å². The Morgan fingerprint density at radius 3 is 2.33 bits per heavy atom. The first-order valence-corrected chi connectivity index (χ1v) is 6.80. The molecular weight excluding hydrogens is 283 g/mol. The van der Waals surface area contributed by atoms with Crippen LogP contribution in [-0.4, -0.2) is 55.6 Å². The summed E-state index contributed by atoms with van der Waals surface area (Å²) in [6.45, 7) is 3.73. The van der Waals surface area contributed by atoms with Crippen LogP contribution in [0, 0.1) is 0 Å². The maximum Gasteiger partial charge on any atom is 0.433 e. The molecule has 0 aromatic carbocycles. The van der Waals surface area contributed by atoms with E-state index in [0.29, 0.717) is 13.1 Å². The molecule has 0 aliphatic heterocycles. The number of aromatic nitrogens is 2. The first-order valence-electron chi connectivity index (χ1n) is 6.80. The molecule has 5 nitrogen and oxygen atoms in total. The molecule has 0 spiro atoms. The Morgan fingerprint density at radius 1 is 1.14 bits per heavy atom. The van der Waals surface area contributed by atoms with Crippen molar-refractivity contribution in [2.75, 3.05) is 51.0 Å². The molecule has 1 rings (SSSR count). The average molecular weight is 305 g/mol. The molecule has 0 saturated carbocycles. The normalized spacial score (nSPS) is 11.8. The Hall–Kier alpha value is -1.57. The molecule has 1 heterocycles. The molecule has 120 valence electrons. The third-order valence-corrected chi connectivity index (χ3v) is 2.83. The fourth-order valence-corrected chi connectivity index (χ4v) is 1.75. The molecule has 8 heteroatoms. The second-order valence-electron chi connectivity index (χ2n) is 5.04. The van der Waals surface area contributed by atoms with E-state index in [0.717, 1.165) is 19.0 Å². The highest BCUT2D eigenvalue weighted by atomic mass is 19.4. The summed E-state index contributed by atoms with van der Waals surface area (Å²) in [5, 5.41) is 2.73. The van der Waals surface area contributed by atoms with Gasteiger partial charge in [-0.1, -0.05) is 0 Å². The molecule has 1 N–H and O–H groups in total. The standard InChI is InChI=1S/C13H22F3N5/c1-5-17-12-18-10(13(14,15)16)9-11(19-12)21(4)8-6-7-20(2)3/h9H,5-8H2,1-4H3,(H,17,18,19). The minimum atomic E-state index is -4.48. The minimum Gasteiger partial charge on any atom is -0.359 e. The van der Waals surface area contributed by atoms with Crippen LogP contribution in [-0.2, 0) is 6.18 Å². The zero-order valence-electron chi connectivity index (χ0n) is 12.8. The summed E-state index contributed by atoms with van der Waals surface area (Å²) in [5.74, 6) is 0.272. The monoisotopic (exact) mass is 305 g/mol. The van der Waals surface area contributed by atoms with Crippen molar-refractivity contribution >= 4 is 11.8 Å². The van der Waals surface area contributed by atoms with Crippen molar-refractivity contribution in [3.63, 3.8) is 0 Å². The van der Waals surface area contributed by atoms with Gasteiger partial charge in [0.15, 0.2) is 5.69 Å². The van der Waals surface area contributed by atoms with Gasteiger partial charge in [-0.25, -0.2) is 4.98 Å². The van der Waals surface area contributed by atoms with Crippen molar-refractivity contribution in [2.24, 2.45) is 0 Å². The lowest BCUT2D eigenvalue weighted by molar-refractivity contribution is -0.141. The van der Waals surface area contributed by atoms with Gasteiger partial charge in [-0.15, -0.1) is 0 Å². The SMILES string of the molecule is CCNc1nc(N(C)CCCN(C)C)cc(C(F)(F)F)n1. The predicted octanol–water partition coefficient (Wildman–Crippen LogP) is 2.32. The lowest BCUT2D eigenvalue weighted by Crippen LogP contribution is -2.25. The van der Waals surface area contributed by atoms with Gasteiger partial charge < -0.3 is 15.1 Å². The highest BCUT2D eigenvalue weighted by Gasteiger charge is 2.34. The molecule has 0 fully saturated rings. The predicted molar refractivity (Wildman–Crippen MR) is 77.6 cm³/mol. The molecule has 0 unspecified atom stereocenters. The number of hydrogen-bond acceptors (Lipinski definition) is 5. The van der Waals surface area contributed by atoms with E-state index in [9.17, 15) is 13.2 Å². The summed E-state index contributed by atoms with van der Waals surface area (Å²) in [5.41, 5.74) is -0.928. The van der Waals surface area contributed by atoms with Crippen molar-refractivity contribution in [3.05, 3.63) is 11.8 Å². The number of rotatable bonds is 7. The van der Waals surface area contributed by atoms with E-state index in [4.69, 9.17) is 0 Å². The first-order chi connectivity index (χ1) is 9.74. The third kappa shape index (κ3) is 5.74. The van der Waals surface area contributed by atoms with Gasteiger partial charge in [0, 0.05) is 26.2 Å². The van der Waals surface area contributed by atoms with Gasteiger partial charge in [0.05, 0.1) is 0 Å². The highest BCUT2D eigenvalue weighted by molar-refractivity contribution is 5.44. The second kappa shape index (κ2) is 7.44. The Bertz CT molecular complexity index is 448. The van der Waals surface area contributed by atoms with Crippen molar-refractivity contribution in [2.45, 2.75) is 19.5 Å². The third-order valence-electron chi connectivity index (χ3n) is 2.83. The molecule has 0 radical (unpaired) electrons. The van der Waals surface area contributed by atoms with Crippen LogP contribution in [0.1, 0.15) is 19.0 Å². The summed E-state index contributed by atoms with van der Waals surface area (Å²) in [7, 11) is 5.64. The fraction of sp³-hybridized carbons (Fsp3) is 0.692. The van der Waals surface area contributed by atoms with Crippen LogP contribution < -0.4 is 10.2 Å². The molecular formula is C13H22F3N5. The van der Waals surface area contributed by atoms with E-state index in [2.05, 4.69) is 15.3 Å². The molecule has 0 amide bonds. The summed E-state index contributed by atoms with van der Waals surface area (Å²) in [6.07, 6.45) is -3.64. The highest BCUT2D eigenvalue weighted by Crippen LogP contribution is 2.30. The molecule has 1 aromatic heterocycles. The average Bonchev–Trinajstić information content (AvgIpc) is 2.37. The number of nitrogens with one attached hydrogen (secondary N) is 1. The van der Waals surface area contributed by atoms with Crippen molar-refractivity contribution in [1.82, 2.24) is 14.9 Å². The Labute approximate surface area is 123 Å². The van der Waals surface area contributed by atoms with E-state index < -0.39 is 11.9 Å². The lowest BCUT2D eigenvalue weighted by Gasteiger charge is -2.21. The smallest absolute Gasteiger partial charge is 0.359 e. The number of nitrogens with zero attached hydrogens (tertiary/aromatic N) is 4. The molecule has 0 bridgehead atoms. The lowest BCUT2D eigenvalue weighted by atomic mass is 10.3.